The molecule has 0 bridgehead atoms. The lowest BCUT2D eigenvalue weighted by Gasteiger charge is -2.44. The summed E-state index contributed by atoms with van der Waals surface area (Å²) in [6.45, 7) is 0. The molecule has 0 radical (unpaired) electrons. The summed E-state index contributed by atoms with van der Waals surface area (Å²) in [5.74, 6) is 0.929. The van der Waals surface area contributed by atoms with Gasteiger partial charge in [-0.3, -0.25) is 9.69 Å². The highest BCUT2D eigenvalue weighted by Gasteiger charge is 2.39. The number of rotatable bonds is 4. The highest BCUT2D eigenvalue weighted by Crippen LogP contribution is 2.44. The van der Waals surface area contributed by atoms with Crippen molar-refractivity contribution in [3.05, 3.63) is 77.9 Å². The van der Waals surface area contributed by atoms with E-state index < -0.39 is 6.17 Å². The molecule has 29 heavy (non-hydrogen) atoms. The second-order valence-electron chi connectivity index (χ2n) is 6.77. The van der Waals surface area contributed by atoms with E-state index in [4.69, 9.17) is 9.47 Å². The van der Waals surface area contributed by atoms with Crippen LogP contribution < -0.4 is 19.3 Å². The number of carbonyl (C=O) groups excluding carboxylic acids is 1. The lowest BCUT2D eigenvalue weighted by Crippen LogP contribution is -2.48. The highest BCUT2D eigenvalue weighted by molar-refractivity contribution is 6.12. The van der Waals surface area contributed by atoms with Crippen LogP contribution in [0.25, 0.3) is 0 Å². The van der Waals surface area contributed by atoms with Crippen molar-refractivity contribution in [3.8, 4) is 17.2 Å². The lowest BCUT2D eigenvalue weighted by molar-refractivity contribution is 0.0969. The normalized spacial score (nSPS) is 15.8. The topological polar surface area (TPSA) is 62.2 Å². The van der Waals surface area contributed by atoms with Crippen LogP contribution in [0, 0.1) is 0 Å². The van der Waals surface area contributed by atoms with Gasteiger partial charge in [0, 0.05) is 18.3 Å². The Bertz CT molecular complexity index is 1050. The fraction of sp³-hybridized carbons (Fsp3) is 0.174. The second kappa shape index (κ2) is 7.39. The molecule has 0 saturated carbocycles. The SMILES string of the molecule is COc1ccc(N2C(=O)c3ccccc3N(C)[C@@H]2c2cccc(OC)c2O)cc1. The third-order valence-corrected chi connectivity index (χ3v) is 5.22. The average Bonchev–Trinajstić information content (AvgIpc) is 2.77. The van der Waals surface area contributed by atoms with Gasteiger partial charge in [-0.1, -0.05) is 24.3 Å². The molecule has 3 aromatic rings. The zero-order chi connectivity index (χ0) is 20.5. The minimum absolute atomic E-state index is 0.0116. The van der Waals surface area contributed by atoms with Gasteiger partial charge in [-0.05, 0) is 42.5 Å². The molecular weight excluding hydrogens is 368 g/mol. The Balaban J connectivity index is 1.92. The molecule has 6 heteroatoms. The number of carbonyl (C=O) groups is 1. The van der Waals surface area contributed by atoms with E-state index in [1.807, 2.05) is 60.5 Å². The zero-order valence-corrected chi connectivity index (χ0v) is 16.5. The summed E-state index contributed by atoms with van der Waals surface area (Å²) in [5.41, 5.74) is 2.67. The van der Waals surface area contributed by atoms with Crippen LogP contribution in [-0.4, -0.2) is 32.3 Å². The summed E-state index contributed by atoms with van der Waals surface area (Å²) in [4.78, 5) is 17.2. The summed E-state index contributed by atoms with van der Waals surface area (Å²) >= 11 is 0. The van der Waals surface area contributed by atoms with Gasteiger partial charge in [0.2, 0.25) is 0 Å². The monoisotopic (exact) mass is 390 g/mol. The molecule has 0 spiro atoms. The maximum atomic E-state index is 13.5. The minimum atomic E-state index is -0.555. The number of benzene rings is 3. The van der Waals surface area contributed by atoms with Crippen LogP contribution in [0.15, 0.2) is 66.7 Å². The first-order valence-corrected chi connectivity index (χ1v) is 9.22. The van der Waals surface area contributed by atoms with Crippen molar-refractivity contribution in [1.82, 2.24) is 0 Å². The van der Waals surface area contributed by atoms with Crippen LogP contribution in [0.2, 0.25) is 0 Å². The maximum Gasteiger partial charge on any atom is 0.262 e. The molecular formula is C23H22N2O4. The number of para-hydroxylation sites is 2. The van der Waals surface area contributed by atoms with Crippen molar-refractivity contribution in [2.45, 2.75) is 6.17 Å². The Kier molecular flexibility index (Phi) is 4.76. The predicted octanol–water partition coefficient (Wildman–Crippen LogP) is 4.20. The van der Waals surface area contributed by atoms with Gasteiger partial charge in [0.25, 0.3) is 5.91 Å². The number of aromatic hydroxyl groups is 1. The van der Waals surface area contributed by atoms with E-state index in [0.717, 1.165) is 5.69 Å². The van der Waals surface area contributed by atoms with E-state index in [1.54, 1.807) is 30.2 Å². The molecule has 3 aromatic carbocycles. The van der Waals surface area contributed by atoms with E-state index in [-0.39, 0.29) is 11.7 Å². The van der Waals surface area contributed by atoms with Gasteiger partial charge in [0.05, 0.1) is 25.5 Å². The largest absolute Gasteiger partial charge is 0.504 e. The Morgan fingerprint density at radius 2 is 1.62 bits per heavy atom. The van der Waals surface area contributed by atoms with Crippen LogP contribution in [0.1, 0.15) is 22.1 Å². The van der Waals surface area contributed by atoms with Gasteiger partial charge in [0.1, 0.15) is 11.9 Å². The summed E-state index contributed by atoms with van der Waals surface area (Å²) in [7, 11) is 5.01. The standard InChI is InChI=1S/C23H22N2O4/c1-24-19-9-5-4-7-17(19)23(27)25(15-11-13-16(28-2)14-12-15)22(24)18-8-6-10-20(29-3)21(18)26/h4-14,22,26H,1-3H3/t22-/m0/s1. The molecule has 0 aliphatic carbocycles. The van der Waals surface area contributed by atoms with Gasteiger partial charge < -0.3 is 19.5 Å². The number of phenolic OH excluding ortho intramolecular Hbond substituents is 1. The number of phenols is 1. The lowest BCUT2D eigenvalue weighted by atomic mass is 10.00. The summed E-state index contributed by atoms with van der Waals surface area (Å²) in [6, 6.07) is 20.1. The van der Waals surface area contributed by atoms with Crippen molar-refractivity contribution in [3.63, 3.8) is 0 Å². The smallest absolute Gasteiger partial charge is 0.262 e. The Labute approximate surface area is 169 Å². The van der Waals surface area contributed by atoms with Crippen LogP contribution in [-0.2, 0) is 0 Å². The molecule has 4 rings (SSSR count). The first-order chi connectivity index (χ1) is 14.1. The van der Waals surface area contributed by atoms with Crippen molar-refractivity contribution in [2.75, 3.05) is 31.1 Å². The summed E-state index contributed by atoms with van der Waals surface area (Å²) < 4.78 is 10.5. The van der Waals surface area contributed by atoms with Gasteiger partial charge >= 0.3 is 0 Å². The number of ether oxygens (including phenoxy) is 2. The van der Waals surface area contributed by atoms with Crippen LogP contribution in [0.4, 0.5) is 11.4 Å². The number of hydrogen-bond acceptors (Lipinski definition) is 5. The van der Waals surface area contributed by atoms with Crippen molar-refractivity contribution < 1.29 is 19.4 Å². The fourth-order valence-corrected chi connectivity index (χ4v) is 3.77. The predicted molar refractivity (Wildman–Crippen MR) is 112 cm³/mol. The van der Waals surface area contributed by atoms with E-state index in [9.17, 15) is 9.90 Å². The Morgan fingerprint density at radius 3 is 2.31 bits per heavy atom. The fourth-order valence-electron chi connectivity index (χ4n) is 3.77. The second-order valence-corrected chi connectivity index (χ2v) is 6.77. The maximum absolute atomic E-state index is 13.5. The third-order valence-electron chi connectivity index (χ3n) is 5.22. The first-order valence-electron chi connectivity index (χ1n) is 9.22. The molecule has 1 aliphatic rings. The van der Waals surface area contributed by atoms with Crippen molar-refractivity contribution in [1.29, 1.82) is 0 Å². The van der Waals surface area contributed by atoms with Gasteiger partial charge in [-0.25, -0.2) is 0 Å². The molecule has 1 heterocycles. The molecule has 0 unspecified atom stereocenters. The zero-order valence-electron chi connectivity index (χ0n) is 16.5. The molecule has 1 atom stereocenters. The molecule has 0 saturated heterocycles. The molecule has 6 nitrogen and oxygen atoms in total. The third kappa shape index (κ3) is 3.02. The van der Waals surface area contributed by atoms with Crippen LogP contribution >= 0.6 is 0 Å². The van der Waals surface area contributed by atoms with E-state index >= 15 is 0 Å². The molecule has 0 aromatic heterocycles. The summed E-state index contributed by atoms with van der Waals surface area (Å²) in [5, 5.41) is 10.8. The van der Waals surface area contributed by atoms with Gasteiger partial charge in [0.15, 0.2) is 11.5 Å². The molecule has 1 aliphatic heterocycles. The number of hydrogen-bond donors (Lipinski definition) is 1. The minimum Gasteiger partial charge on any atom is -0.504 e. The van der Waals surface area contributed by atoms with Gasteiger partial charge in [-0.15, -0.1) is 0 Å². The number of amides is 1. The molecule has 0 fully saturated rings. The molecule has 148 valence electrons. The Morgan fingerprint density at radius 1 is 0.897 bits per heavy atom. The summed E-state index contributed by atoms with van der Waals surface area (Å²) in [6.07, 6.45) is -0.555. The number of nitrogens with zero attached hydrogens (tertiary/aromatic N) is 2. The van der Waals surface area contributed by atoms with E-state index in [0.29, 0.717) is 28.3 Å². The number of fused-ring (bicyclic) bond motifs is 1. The molecule has 1 amide bonds. The number of methoxy groups -OCH3 is 2. The van der Waals surface area contributed by atoms with Gasteiger partial charge in [-0.2, -0.15) is 0 Å². The highest BCUT2D eigenvalue weighted by atomic mass is 16.5. The molecule has 1 N–H and O–H groups in total. The van der Waals surface area contributed by atoms with E-state index in [2.05, 4.69) is 0 Å². The Hall–Kier alpha value is -3.67. The quantitative estimate of drug-likeness (QED) is 0.723. The van der Waals surface area contributed by atoms with Crippen LogP contribution in [0.3, 0.4) is 0 Å². The van der Waals surface area contributed by atoms with Crippen molar-refractivity contribution >= 4 is 17.3 Å². The first kappa shape index (κ1) is 18.7. The van der Waals surface area contributed by atoms with Crippen LogP contribution in [0.5, 0.6) is 17.2 Å². The number of anilines is 2. The average molecular weight is 390 g/mol. The van der Waals surface area contributed by atoms with Crippen molar-refractivity contribution in [2.24, 2.45) is 0 Å². The van der Waals surface area contributed by atoms with E-state index in [1.165, 1.54) is 7.11 Å².